The number of hydrogen-bond acceptors (Lipinski definition) is 3. The number of sulfonamides is 1. The largest absolute Gasteiger partial charge is 0.349 e. The molecule has 2 N–H and O–H groups in total. The fourth-order valence-electron chi connectivity index (χ4n) is 2.77. The molecule has 2 atom stereocenters. The molecule has 0 heterocycles. The lowest BCUT2D eigenvalue weighted by Gasteiger charge is -2.27. The van der Waals surface area contributed by atoms with E-state index in [0.29, 0.717) is 17.2 Å². The first-order valence-electron chi connectivity index (χ1n) is 7.22. The van der Waals surface area contributed by atoms with Gasteiger partial charge in [-0.3, -0.25) is 9.52 Å². The molecule has 1 fully saturated rings. The van der Waals surface area contributed by atoms with Crippen molar-refractivity contribution in [3.05, 3.63) is 29.8 Å². The van der Waals surface area contributed by atoms with Crippen molar-refractivity contribution in [3.8, 4) is 0 Å². The monoisotopic (exact) mass is 310 g/mol. The molecule has 1 saturated carbocycles. The number of anilines is 1. The quantitative estimate of drug-likeness (QED) is 0.896. The molecule has 5 nitrogen and oxygen atoms in total. The lowest BCUT2D eigenvalue weighted by Crippen LogP contribution is -2.38. The third-order valence-corrected chi connectivity index (χ3v) is 4.31. The van der Waals surface area contributed by atoms with Crippen LogP contribution < -0.4 is 10.0 Å². The fraction of sp³-hybridized carbons (Fsp3) is 0.533. The second kappa shape index (κ2) is 6.47. The number of nitrogens with one attached hydrogen (secondary N) is 2. The standard InChI is InChI=1S/C15H22N2O3S/c1-11-5-3-7-13(9-11)16-15(18)12-6-4-8-14(10-12)17-21(2,19)20/h4,6,8,10-11,13,17H,3,5,7,9H2,1-2H3,(H,16,18). The zero-order valence-electron chi connectivity index (χ0n) is 12.4. The number of amides is 1. The van der Waals surface area contributed by atoms with E-state index in [4.69, 9.17) is 0 Å². The Kier molecular flexibility index (Phi) is 4.88. The molecular weight excluding hydrogens is 288 g/mol. The van der Waals surface area contributed by atoms with E-state index in [1.165, 1.54) is 6.42 Å². The minimum atomic E-state index is -3.34. The molecule has 21 heavy (non-hydrogen) atoms. The van der Waals surface area contributed by atoms with Crippen molar-refractivity contribution < 1.29 is 13.2 Å². The van der Waals surface area contributed by atoms with Crippen LogP contribution in [0.5, 0.6) is 0 Å². The van der Waals surface area contributed by atoms with Gasteiger partial charge in [0.2, 0.25) is 10.0 Å². The molecule has 0 radical (unpaired) electrons. The summed E-state index contributed by atoms with van der Waals surface area (Å²) in [6.45, 7) is 2.20. The van der Waals surface area contributed by atoms with Gasteiger partial charge < -0.3 is 5.32 Å². The van der Waals surface area contributed by atoms with Crippen molar-refractivity contribution in [3.63, 3.8) is 0 Å². The first-order valence-corrected chi connectivity index (χ1v) is 9.11. The van der Waals surface area contributed by atoms with Crippen molar-refractivity contribution in [2.75, 3.05) is 11.0 Å². The smallest absolute Gasteiger partial charge is 0.251 e. The summed E-state index contributed by atoms with van der Waals surface area (Å²) in [5, 5.41) is 3.04. The Morgan fingerprint density at radius 3 is 2.71 bits per heavy atom. The molecule has 2 unspecified atom stereocenters. The summed E-state index contributed by atoms with van der Waals surface area (Å²) >= 11 is 0. The Morgan fingerprint density at radius 2 is 2.05 bits per heavy atom. The Labute approximate surface area is 126 Å². The molecule has 1 aromatic rings. The third-order valence-electron chi connectivity index (χ3n) is 3.70. The Morgan fingerprint density at radius 1 is 1.29 bits per heavy atom. The number of benzene rings is 1. The normalized spacial score (nSPS) is 22.6. The molecular formula is C15H22N2O3S. The number of carbonyl (C=O) groups is 1. The van der Waals surface area contributed by atoms with Crippen LogP contribution in [0.2, 0.25) is 0 Å². The van der Waals surface area contributed by atoms with Gasteiger partial charge in [0.15, 0.2) is 0 Å². The Hall–Kier alpha value is -1.56. The molecule has 0 bridgehead atoms. The first-order chi connectivity index (χ1) is 9.83. The lowest BCUT2D eigenvalue weighted by molar-refractivity contribution is 0.0921. The Balaban J connectivity index is 2.03. The van der Waals surface area contributed by atoms with E-state index in [2.05, 4.69) is 17.0 Å². The van der Waals surface area contributed by atoms with Crippen molar-refractivity contribution in [1.29, 1.82) is 0 Å². The zero-order chi connectivity index (χ0) is 15.5. The Bertz CT molecular complexity index is 613. The summed E-state index contributed by atoms with van der Waals surface area (Å²) in [5.41, 5.74) is 0.879. The van der Waals surface area contributed by atoms with Gasteiger partial charge in [-0.15, -0.1) is 0 Å². The van der Waals surface area contributed by atoms with Crippen LogP contribution in [0.4, 0.5) is 5.69 Å². The molecule has 0 aliphatic heterocycles. The summed E-state index contributed by atoms with van der Waals surface area (Å²) in [7, 11) is -3.34. The first kappa shape index (κ1) is 15.8. The van der Waals surface area contributed by atoms with E-state index in [9.17, 15) is 13.2 Å². The summed E-state index contributed by atoms with van der Waals surface area (Å²) in [5.74, 6) is 0.494. The van der Waals surface area contributed by atoms with Gasteiger partial charge in [-0.05, 0) is 37.0 Å². The topological polar surface area (TPSA) is 75.3 Å². The van der Waals surface area contributed by atoms with Crippen molar-refractivity contribution in [2.45, 2.75) is 38.6 Å². The molecule has 0 aromatic heterocycles. The molecule has 1 amide bonds. The molecule has 1 aromatic carbocycles. The van der Waals surface area contributed by atoms with Crippen LogP contribution in [-0.2, 0) is 10.0 Å². The van der Waals surface area contributed by atoms with E-state index in [1.807, 2.05) is 0 Å². The minimum Gasteiger partial charge on any atom is -0.349 e. The maximum absolute atomic E-state index is 12.2. The van der Waals surface area contributed by atoms with Gasteiger partial charge in [0.25, 0.3) is 5.91 Å². The number of hydrogen-bond donors (Lipinski definition) is 2. The molecule has 6 heteroatoms. The van der Waals surface area contributed by atoms with Gasteiger partial charge in [-0.2, -0.15) is 0 Å². The second-order valence-electron chi connectivity index (χ2n) is 5.90. The highest BCUT2D eigenvalue weighted by atomic mass is 32.2. The van der Waals surface area contributed by atoms with Gasteiger partial charge in [0.1, 0.15) is 0 Å². The third kappa shape index (κ3) is 5.04. The molecule has 116 valence electrons. The van der Waals surface area contributed by atoms with Crippen LogP contribution >= 0.6 is 0 Å². The minimum absolute atomic E-state index is 0.147. The number of carbonyl (C=O) groups excluding carboxylic acids is 1. The van der Waals surface area contributed by atoms with Crippen LogP contribution in [0.1, 0.15) is 43.0 Å². The van der Waals surface area contributed by atoms with E-state index in [1.54, 1.807) is 24.3 Å². The van der Waals surface area contributed by atoms with E-state index in [-0.39, 0.29) is 11.9 Å². The lowest BCUT2D eigenvalue weighted by atomic mass is 9.87. The SMILES string of the molecule is CC1CCCC(NC(=O)c2cccc(NS(C)(=O)=O)c2)C1. The van der Waals surface area contributed by atoms with Gasteiger partial charge in [-0.25, -0.2) is 8.42 Å². The van der Waals surface area contributed by atoms with Crippen LogP contribution in [-0.4, -0.2) is 26.6 Å². The van der Waals surface area contributed by atoms with E-state index >= 15 is 0 Å². The van der Waals surface area contributed by atoms with Gasteiger partial charge >= 0.3 is 0 Å². The van der Waals surface area contributed by atoms with Crippen molar-refractivity contribution >= 4 is 21.6 Å². The maximum atomic E-state index is 12.2. The van der Waals surface area contributed by atoms with Crippen LogP contribution in [0.25, 0.3) is 0 Å². The molecule has 1 aliphatic rings. The van der Waals surface area contributed by atoms with Crippen LogP contribution in [0.15, 0.2) is 24.3 Å². The van der Waals surface area contributed by atoms with Gasteiger partial charge in [0, 0.05) is 17.3 Å². The highest BCUT2D eigenvalue weighted by Gasteiger charge is 2.21. The van der Waals surface area contributed by atoms with Gasteiger partial charge in [-0.1, -0.05) is 25.8 Å². The average Bonchev–Trinajstić information content (AvgIpc) is 2.37. The summed E-state index contributed by atoms with van der Waals surface area (Å²) < 4.78 is 24.8. The summed E-state index contributed by atoms with van der Waals surface area (Å²) in [6, 6.07) is 6.76. The fourth-order valence-corrected chi connectivity index (χ4v) is 3.33. The van der Waals surface area contributed by atoms with E-state index in [0.717, 1.165) is 25.5 Å². The highest BCUT2D eigenvalue weighted by molar-refractivity contribution is 7.92. The summed E-state index contributed by atoms with van der Waals surface area (Å²) in [4.78, 5) is 12.2. The summed E-state index contributed by atoms with van der Waals surface area (Å²) in [6.07, 6.45) is 5.47. The van der Waals surface area contributed by atoms with E-state index < -0.39 is 10.0 Å². The molecule has 0 spiro atoms. The highest BCUT2D eigenvalue weighted by Crippen LogP contribution is 2.24. The van der Waals surface area contributed by atoms with Crippen LogP contribution in [0, 0.1) is 5.92 Å². The maximum Gasteiger partial charge on any atom is 0.251 e. The zero-order valence-corrected chi connectivity index (χ0v) is 13.2. The van der Waals surface area contributed by atoms with Crippen molar-refractivity contribution in [2.24, 2.45) is 5.92 Å². The molecule has 1 aliphatic carbocycles. The molecule has 2 rings (SSSR count). The second-order valence-corrected chi connectivity index (χ2v) is 7.65. The average molecular weight is 310 g/mol. The van der Waals surface area contributed by atoms with Crippen LogP contribution in [0.3, 0.4) is 0 Å². The predicted molar refractivity (Wildman–Crippen MR) is 83.8 cm³/mol. The number of rotatable bonds is 4. The predicted octanol–water partition coefficient (Wildman–Crippen LogP) is 2.37. The molecule has 0 saturated heterocycles. The van der Waals surface area contributed by atoms with Crippen molar-refractivity contribution in [1.82, 2.24) is 5.32 Å². The van der Waals surface area contributed by atoms with Gasteiger partial charge in [0.05, 0.1) is 6.26 Å².